The quantitative estimate of drug-likeness (QED) is 0.290. The van der Waals surface area contributed by atoms with Crippen molar-refractivity contribution in [2.24, 2.45) is 0 Å². The second kappa shape index (κ2) is 13.5. The lowest BCUT2D eigenvalue weighted by molar-refractivity contribution is -0.115. The summed E-state index contributed by atoms with van der Waals surface area (Å²) in [5.74, 6) is 2.08. The molecule has 0 aliphatic rings. The van der Waals surface area contributed by atoms with Crippen LogP contribution in [0.1, 0.15) is 19.1 Å². The Morgan fingerprint density at radius 1 is 1.00 bits per heavy atom. The number of likely N-dealkylation sites (N-methyl/N-ethyl adjacent to an activating group) is 1. The van der Waals surface area contributed by atoms with Gasteiger partial charge in [0.25, 0.3) is 5.95 Å². The summed E-state index contributed by atoms with van der Waals surface area (Å²) in [7, 11) is 5.56. The van der Waals surface area contributed by atoms with Crippen LogP contribution in [0, 0.1) is 0 Å². The first-order valence-corrected chi connectivity index (χ1v) is 16.6. The second-order valence-electron chi connectivity index (χ2n) is 10.5. The first-order valence-electron chi connectivity index (χ1n) is 13.1. The van der Waals surface area contributed by atoms with Crippen molar-refractivity contribution >= 4 is 30.8 Å². The minimum Gasteiger partial charge on any atom is -0.479 e. The van der Waals surface area contributed by atoms with E-state index < -0.39 is 8.07 Å². The van der Waals surface area contributed by atoms with Gasteiger partial charge in [-0.2, -0.15) is 9.97 Å². The summed E-state index contributed by atoms with van der Waals surface area (Å²) in [4.78, 5) is 26.3. The Morgan fingerprint density at radius 2 is 1.69 bits per heavy atom. The molecule has 212 valence electrons. The molecule has 3 rings (SSSR count). The number of furan rings is 1. The Bertz CT molecular complexity index is 1220. The van der Waals surface area contributed by atoms with Gasteiger partial charge in [0.2, 0.25) is 23.6 Å². The summed E-state index contributed by atoms with van der Waals surface area (Å²) in [6.45, 7) is 11.3. The van der Waals surface area contributed by atoms with Gasteiger partial charge in [-0.25, -0.2) is 0 Å². The maximum absolute atomic E-state index is 12.9. The molecule has 0 radical (unpaired) electrons. The number of amides is 1. The van der Waals surface area contributed by atoms with E-state index in [-0.39, 0.29) is 29.8 Å². The van der Waals surface area contributed by atoms with Crippen molar-refractivity contribution in [2.75, 3.05) is 58.2 Å². The molecule has 0 atom stereocenters. The number of benzene rings is 1. The molecule has 1 N–H and O–H groups in total. The maximum atomic E-state index is 12.9. The van der Waals surface area contributed by atoms with Crippen LogP contribution >= 0.6 is 0 Å². The van der Waals surface area contributed by atoms with Gasteiger partial charge in [-0.05, 0) is 38.7 Å². The van der Waals surface area contributed by atoms with Gasteiger partial charge in [0, 0.05) is 25.7 Å². The Balaban J connectivity index is 1.73. The van der Waals surface area contributed by atoms with Crippen molar-refractivity contribution in [1.82, 2.24) is 14.9 Å². The summed E-state index contributed by atoms with van der Waals surface area (Å²) in [6, 6.07) is 11.5. The number of ether oxygens (including phenoxy) is 3. The van der Waals surface area contributed by atoms with E-state index in [1.54, 1.807) is 12.1 Å². The Morgan fingerprint density at radius 3 is 2.28 bits per heavy atom. The molecule has 1 amide bonds. The predicted molar refractivity (Wildman–Crippen MR) is 157 cm³/mol. The van der Waals surface area contributed by atoms with E-state index in [0.717, 1.165) is 26.1 Å². The normalized spacial score (nSPS) is 11.4. The van der Waals surface area contributed by atoms with E-state index in [4.69, 9.17) is 18.6 Å². The highest BCUT2D eigenvalue weighted by atomic mass is 28.3. The number of hydrogen-bond donors (Lipinski definition) is 1. The van der Waals surface area contributed by atoms with Crippen LogP contribution in [0.4, 0.5) is 11.6 Å². The molecule has 0 unspecified atom stereocenters. The molecule has 0 spiro atoms. The van der Waals surface area contributed by atoms with Gasteiger partial charge in [0.15, 0.2) is 5.69 Å². The average molecular weight is 556 g/mol. The van der Waals surface area contributed by atoms with Crippen molar-refractivity contribution in [3.05, 3.63) is 42.2 Å². The van der Waals surface area contributed by atoms with Crippen LogP contribution in [-0.4, -0.2) is 76.8 Å². The van der Waals surface area contributed by atoms with Crippen molar-refractivity contribution < 1.29 is 23.4 Å². The Hall–Kier alpha value is -3.57. The van der Waals surface area contributed by atoms with E-state index in [1.807, 2.05) is 32.3 Å². The molecule has 39 heavy (non-hydrogen) atoms. The lowest BCUT2D eigenvalue weighted by Gasteiger charge is -2.25. The second-order valence-corrected chi connectivity index (χ2v) is 15.6. The van der Waals surface area contributed by atoms with Gasteiger partial charge in [-0.1, -0.05) is 43.9 Å². The maximum Gasteiger partial charge on any atom is 0.290 e. The number of nitrogens with zero attached hydrogens (tertiary/aromatic N) is 4. The third-order valence-electron chi connectivity index (χ3n) is 5.97. The molecular formula is C28H41N5O5Si. The Kier molecular flexibility index (Phi) is 10.4. The van der Waals surface area contributed by atoms with E-state index in [9.17, 15) is 4.79 Å². The van der Waals surface area contributed by atoms with Gasteiger partial charge in [-0.3, -0.25) is 4.79 Å². The van der Waals surface area contributed by atoms with E-state index in [0.29, 0.717) is 23.4 Å². The lowest BCUT2D eigenvalue weighted by Crippen LogP contribution is -2.37. The number of methoxy groups -OCH3 is 2. The summed E-state index contributed by atoms with van der Waals surface area (Å²) >= 11 is 0. The molecule has 0 saturated heterocycles. The molecule has 10 nitrogen and oxygen atoms in total. The van der Waals surface area contributed by atoms with Crippen molar-refractivity contribution in [1.29, 1.82) is 0 Å². The van der Waals surface area contributed by atoms with Crippen LogP contribution in [-0.2, 0) is 11.2 Å². The standard InChI is InChI=1S/C28H41N5O5Si/c1-9-15-33(17-16-32(2)3)28-30-26(35-4)25(27(31-28)36-5)29-23(34)19-21-13-14-24(38-21)37-20-11-10-12-22(18-20)39(6,7)8/h10-14,18H,9,15-17,19H2,1-8H3,(H,29,34). The van der Waals surface area contributed by atoms with Gasteiger partial charge in [-0.15, -0.1) is 0 Å². The molecule has 2 aromatic heterocycles. The van der Waals surface area contributed by atoms with Gasteiger partial charge in [0.1, 0.15) is 11.5 Å². The zero-order valence-electron chi connectivity index (χ0n) is 24.3. The zero-order chi connectivity index (χ0) is 28.6. The average Bonchev–Trinajstić information content (AvgIpc) is 3.32. The van der Waals surface area contributed by atoms with Crippen LogP contribution < -0.4 is 29.6 Å². The molecule has 0 aliphatic carbocycles. The molecule has 1 aromatic carbocycles. The first-order chi connectivity index (χ1) is 18.5. The summed E-state index contributed by atoms with van der Waals surface area (Å²) in [5.41, 5.74) is 0.268. The van der Waals surface area contributed by atoms with Crippen LogP contribution in [0.2, 0.25) is 19.6 Å². The van der Waals surface area contributed by atoms with E-state index in [1.165, 1.54) is 19.4 Å². The largest absolute Gasteiger partial charge is 0.479 e. The molecule has 3 aromatic rings. The SMILES string of the molecule is CCCN(CCN(C)C)c1nc(OC)c(NC(=O)Cc2ccc(Oc3cccc([Si](C)(C)C)c3)o2)c(OC)n1. The Labute approximate surface area is 232 Å². The third kappa shape index (κ3) is 8.46. The molecular weight excluding hydrogens is 514 g/mol. The lowest BCUT2D eigenvalue weighted by atomic mass is 10.3. The number of anilines is 2. The first kappa shape index (κ1) is 30.0. The predicted octanol–water partition coefficient (Wildman–Crippen LogP) is 4.38. The third-order valence-corrected chi connectivity index (χ3v) is 8.01. The highest BCUT2D eigenvalue weighted by Gasteiger charge is 2.22. The minimum atomic E-state index is -1.47. The zero-order valence-corrected chi connectivity index (χ0v) is 25.3. The van der Waals surface area contributed by atoms with Crippen LogP contribution in [0.5, 0.6) is 23.5 Å². The fraction of sp³-hybridized carbons (Fsp3) is 0.464. The molecule has 2 heterocycles. The molecule has 0 aliphatic heterocycles. The number of hydrogen-bond acceptors (Lipinski definition) is 9. The number of carbonyl (C=O) groups is 1. The van der Waals surface area contributed by atoms with Crippen molar-refractivity contribution in [3.8, 4) is 23.5 Å². The molecule has 0 fully saturated rings. The van der Waals surface area contributed by atoms with E-state index in [2.05, 4.69) is 57.7 Å². The van der Waals surface area contributed by atoms with E-state index >= 15 is 0 Å². The van der Waals surface area contributed by atoms with Gasteiger partial charge < -0.3 is 33.7 Å². The fourth-order valence-corrected chi connectivity index (χ4v) is 5.02. The number of aromatic nitrogens is 2. The highest BCUT2D eigenvalue weighted by molar-refractivity contribution is 6.88. The monoisotopic (exact) mass is 555 g/mol. The topological polar surface area (TPSA) is 102 Å². The summed E-state index contributed by atoms with van der Waals surface area (Å²) in [5, 5.41) is 4.11. The highest BCUT2D eigenvalue weighted by Crippen LogP contribution is 2.34. The van der Waals surface area contributed by atoms with Crippen LogP contribution in [0.3, 0.4) is 0 Å². The fourth-order valence-electron chi connectivity index (χ4n) is 3.85. The number of nitrogens with one attached hydrogen (secondary N) is 1. The smallest absolute Gasteiger partial charge is 0.290 e. The number of rotatable bonds is 14. The van der Waals surface area contributed by atoms with Crippen LogP contribution in [0.15, 0.2) is 40.8 Å². The van der Waals surface area contributed by atoms with Gasteiger partial charge in [0.05, 0.1) is 28.7 Å². The van der Waals surface area contributed by atoms with Gasteiger partial charge >= 0.3 is 0 Å². The summed E-state index contributed by atoms with van der Waals surface area (Å²) < 4.78 is 22.7. The van der Waals surface area contributed by atoms with Crippen LogP contribution in [0.25, 0.3) is 0 Å². The van der Waals surface area contributed by atoms with Crippen molar-refractivity contribution in [3.63, 3.8) is 0 Å². The summed E-state index contributed by atoms with van der Waals surface area (Å²) in [6.07, 6.45) is 0.912. The minimum absolute atomic E-state index is 0.0167. The van der Waals surface area contributed by atoms with Crippen molar-refractivity contribution in [2.45, 2.75) is 39.4 Å². The molecule has 0 saturated carbocycles. The number of carbonyl (C=O) groups excluding carboxylic acids is 1. The molecule has 0 bridgehead atoms. The molecule has 11 heteroatoms.